The van der Waals surface area contributed by atoms with Gasteiger partial charge in [0.05, 0.1) is 22.4 Å². The normalized spacial score (nSPS) is 11.0. The average Bonchev–Trinajstić information content (AvgIpc) is 3.02. The van der Waals surface area contributed by atoms with E-state index in [1.807, 2.05) is 0 Å². The van der Waals surface area contributed by atoms with Gasteiger partial charge in [0.2, 0.25) is 5.95 Å². The summed E-state index contributed by atoms with van der Waals surface area (Å²) in [6.07, 6.45) is 0.940. The Balaban J connectivity index is 2.07. The molecule has 0 fully saturated rings. The molecule has 3 rings (SSSR count). The molecule has 10 heteroatoms. The van der Waals surface area contributed by atoms with Gasteiger partial charge in [0, 0.05) is 6.07 Å². The zero-order valence-electron chi connectivity index (χ0n) is 9.97. The Kier molecular flexibility index (Phi) is 3.09. The number of ether oxygens (including phenoxy) is 1. The number of fused-ring (bicyclic) bond motifs is 1. The number of hydrogen-bond donors (Lipinski definition) is 2. The summed E-state index contributed by atoms with van der Waals surface area (Å²) in [7, 11) is 0. The Morgan fingerprint density at radius 2 is 2.24 bits per heavy atom. The molecule has 7 nitrogen and oxygen atoms in total. The van der Waals surface area contributed by atoms with E-state index in [1.54, 1.807) is 0 Å². The molecule has 1 aromatic carbocycles. The minimum atomic E-state index is -1.48. The molecule has 0 unspecified atom stereocenters. The molecule has 108 valence electrons. The van der Waals surface area contributed by atoms with Crippen molar-refractivity contribution < 1.29 is 23.4 Å². The first kappa shape index (κ1) is 13.5. The minimum Gasteiger partial charge on any atom is -0.449 e. The first-order chi connectivity index (χ1) is 9.95. The summed E-state index contributed by atoms with van der Waals surface area (Å²) < 4.78 is 32.2. The molecule has 0 aliphatic heterocycles. The lowest BCUT2D eigenvalue weighted by Crippen LogP contribution is -2.02. The third kappa shape index (κ3) is 2.33. The Morgan fingerprint density at radius 1 is 1.48 bits per heavy atom. The predicted molar refractivity (Wildman–Crippen MR) is 69.5 cm³/mol. The summed E-state index contributed by atoms with van der Waals surface area (Å²) in [5.41, 5.74) is 0.437. The second-order valence-electron chi connectivity index (χ2n) is 3.93. The summed E-state index contributed by atoms with van der Waals surface area (Å²) in [4.78, 5) is 17.2. The van der Waals surface area contributed by atoms with Crippen molar-refractivity contribution in [2.75, 3.05) is 0 Å². The fourth-order valence-corrected chi connectivity index (χ4v) is 2.22. The fraction of sp³-hybridized carbons (Fsp3) is 0. The largest absolute Gasteiger partial charge is 0.511 e. The van der Waals surface area contributed by atoms with Crippen LogP contribution in [0.5, 0.6) is 5.75 Å². The molecule has 0 radical (unpaired) electrons. The molecule has 2 aromatic heterocycles. The molecular weight excluding hydrogens is 354 g/mol. The number of nitrogens with one attached hydrogen (secondary N) is 1. The molecule has 0 atom stereocenters. The number of hydrogen-bond acceptors (Lipinski definition) is 4. The van der Waals surface area contributed by atoms with Crippen LogP contribution in [0.15, 0.2) is 22.9 Å². The smallest absolute Gasteiger partial charge is 0.449 e. The van der Waals surface area contributed by atoms with E-state index in [4.69, 9.17) is 5.11 Å². The van der Waals surface area contributed by atoms with Crippen molar-refractivity contribution >= 4 is 33.1 Å². The number of benzene rings is 1. The summed E-state index contributed by atoms with van der Waals surface area (Å²) in [5.74, 6) is -1.94. The van der Waals surface area contributed by atoms with Gasteiger partial charge in [-0.25, -0.2) is 23.2 Å². The van der Waals surface area contributed by atoms with E-state index < -0.39 is 17.8 Å². The van der Waals surface area contributed by atoms with Crippen molar-refractivity contribution in [1.29, 1.82) is 0 Å². The number of H-pyrrole nitrogens is 1. The number of carbonyl (C=O) groups is 1. The lowest BCUT2D eigenvalue weighted by Gasteiger charge is -1.96. The third-order valence-electron chi connectivity index (χ3n) is 2.58. The molecular formula is C11H5BrF2N4O3. The van der Waals surface area contributed by atoms with Crippen LogP contribution in [-0.2, 0) is 0 Å². The molecule has 21 heavy (non-hydrogen) atoms. The van der Waals surface area contributed by atoms with Crippen LogP contribution in [0.4, 0.5) is 13.6 Å². The van der Waals surface area contributed by atoms with E-state index >= 15 is 0 Å². The zero-order chi connectivity index (χ0) is 15.1. The monoisotopic (exact) mass is 358 g/mol. The van der Waals surface area contributed by atoms with Gasteiger partial charge in [0.15, 0.2) is 17.4 Å². The number of aromatic nitrogens is 4. The number of nitrogens with zero attached hydrogens (tertiary/aromatic N) is 3. The molecule has 0 aliphatic rings. The summed E-state index contributed by atoms with van der Waals surface area (Å²) >= 11 is 2.93. The molecule has 0 spiro atoms. The van der Waals surface area contributed by atoms with Gasteiger partial charge in [-0.3, -0.25) is 0 Å². The number of rotatable bonds is 2. The van der Waals surface area contributed by atoms with Crippen LogP contribution in [0.2, 0.25) is 0 Å². The quantitative estimate of drug-likeness (QED) is 0.542. The van der Waals surface area contributed by atoms with Crippen molar-refractivity contribution in [3.8, 4) is 11.7 Å². The van der Waals surface area contributed by atoms with Gasteiger partial charge < -0.3 is 14.8 Å². The average molecular weight is 359 g/mol. The highest BCUT2D eigenvalue weighted by Gasteiger charge is 2.16. The molecule has 0 saturated carbocycles. The minimum absolute atomic E-state index is 0.0145. The van der Waals surface area contributed by atoms with E-state index in [0.29, 0.717) is 0 Å². The first-order valence-corrected chi connectivity index (χ1v) is 6.24. The van der Waals surface area contributed by atoms with Crippen molar-refractivity contribution in [3.63, 3.8) is 0 Å². The highest BCUT2D eigenvalue weighted by atomic mass is 79.9. The van der Waals surface area contributed by atoms with Gasteiger partial charge in [-0.1, -0.05) is 0 Å². The summed E-state index contributed by atoms with van der Waals surface area (Å²) in [5, 5.41) is 12.3. The molecule has 0 amide bonds. The van der Waals surface area contributed by atoms with Gasteiger partial charge >= 0.3 is 6.16 Å². The maximum Gasteiger partial charge on any atom is 0.511 e. The number of imidazole rings is 1. The van der Waals surface area contributed by atoms with Crippen LogP contribution in [0.1, 0.15) is 0 Å². The third-order valence-corrected chi connectivity index (χ3v) is 3.31. The Bertz CT molecular complexity index is 861. The van der Waals surface area contributed by atoms with Gasteiger partial charge in [-0.2, -0.15) is 5.10 Å². The number of halogens is 3. The fourth-order valence-electron chi connectivity index (χ4n) is 1.73. The highest BCUT2D eigenvalue weighted by Crippen LogP contribution is 2.28. The van der Waals surface area contributed by atoms with Gasteiger partial charge in [-0.05, 0) is 15.9 Å². The van der Waals surface area contributed by atoms with Crippen LogP contribution >= 0.6 is 15.9 Å². The van der Waals surface area contributed by atoms with Gasteiger partial charge in [0.1, 0.15) is 5.52 Å². The second-order valence-corrected chi connectivity index (χ2v) is 4.72. The Labute approximate surface area is 123 Å². The number of carboxylic acid groups (broad SMARTS) is 1. The van der Waals surface area contributed by atoms with E-state index in [-0.39, 0.29) is 27.2 Å². The maximum atomic E-state index is 13.4. The molecule has 3 aromatic rings. The predicted octanol–water partition coefficient (Wildman–Crippen LogP) is 2.85. The molecule has 0 bridgehead atoms. The molecule has 2 N–H and O–H groups in total. The second kappa shape index (κ2) is 4.81. The topological polar surface area (TPSA) is 93.0 Å². The van der Waals surface area contributed by atoms with Crippen molar-refractivity contribution in [1.82, 2.24) is 19.7 Å². The van der Waals surface area contributed by atoms with E-state index in [2.05, 4.69) is 35.7 Å². The molecule has 2 heterocycles. The van der Waals surface area contributed by atoms with Crippen LogP contribution in [0, 0.1) is 11.6 Å². The summed E-state index contributed by atoms with van der Waals surface area (Å²) in [6, 6.07) is 0.962. The van der Waals surface area contributed by atoms with E-state index in [1.165, 1.54) is 10.9 Å². The van der Waals surface area contributed by atoms with Crippen LogP contribution < -0.4 is 4.74 Å². The van der Waals surface area contributed by atoms with Crippen molar-refractivity contribution in [2.45, 2.75) is 0 Å². The van der Waals surface area contributed by atoms with Crippen LogP contribution in [0.25, 0.3) is 17.0 Å². The van der Waals surface area contributed by atoms with Gasteiger partial charge in [0.25, 0.3) is 0 Å². The van der Waals surface area contributed by atoms with Gasteiger partial charge in [-0.15, -0.1) is 0 Å². The highest BCUT2D eigenvalue weighted by molar-refractivity contribution is 9.10. The Morgan fingerprint density at radius 3 is 2.95 bits per heavy atom. The van der Waals surface area contributed by atoms with Crippen LogP contribution in [-0.4, -0.2) is 31.0 Å². The lowest BCUT2D eigenvalue weighted by molar-refractivity contribution is 0.144. The van der Waals surface area contributed by atoms with Crippen molar-refractivity contribution in [3.05, 3.63) is 34.6 Å². The molecule has 0 aliphatic carbocycles. The van der Waals surface area contributed by atoms with E-state index in [9.17, 15) is 13.6 Å². The lowest BCUT2D eigenvalue weighted by atomic mass is 10.3. The standard InChI is InChI=1S/C11H5BrF2N4O3/c12-7-8(14)5(13)1-6-9(7)17-10(16-6)18-3-4(2-15-18)21-11(19)20/h1-3H,(H,16,17)(H,19,20). The number of aromatic amines is 1. The first-order valence-electron chi connectivity index (χ1n) is 5.44. The maximum absolute atomic E-state index is 13.4. The molecule has 0 saturated heterocycles. The zero-order valence-corrected chi connectivity index (χ0v) is 11.6. The van der Waals surface area contributed by atoms with Crippen molar-refractivity contribution in [2.24, 2.45) is 0 Å². The Hall–Kier alpha value is -2.49. The SMILES string of the molecule is O=C(O)Oc1cnn(-c2nc3c(Br)c(F)c(F)cc3[nH]2)c1. The van der Waals surface area contributed by atoms with E-state index in [0.717, 1.165) is 12.3 Å². The van der Waals surface area contributed by atoms with Crippen LogP contribution in [0.3, 0.4) is 0 Å². The summed E-state index contributed by atoms with van der Waals surface area (Å²) in [6.45, 7) is 0.